The van der Waals surface area contributed by atoms with E-state index in [2.05, 4.69) is 67.3 Å². The molecule has 0 atom stereocenters. The van der Waals surface area contributed by atoms with E-state index in [4.69, 9.17) is 5.73 Å². The summed E-state index contributed by atoms with van der Waals surface area (Å²) in [5.74, 6) is 1.49. The second-order valence-electron chi connectivity index (χ2n) is 6.06. The fourth-order valence-corrected chi connectivity index (χ4v) is 2.84. The van der Waals surface area contributed by atoms with Crippen LogP contribution >= 0.6 is 22.6 Å². The Hall–Kier alpha value is -0.450. The quantitative estimate of drug-likeness (QED) is 0.550. The van der Waals surface area contributed by atoms with Gasteiger partial charge in [-0.1, -0.05) is 27.7 Å². The van der Waals surface area contributed by atoms with Gasteiger partial charge in [0.15, 0.2) is 0 Å². The minimum absolute atomic E-state index is 0.744. The number of rotatable bonds is 7. The van der Waals surface area contributed by atoms with E-state index in [9.17, 15) is 0 Å². The summed E-state index contributed by atoms with van der Waals surface area (Å²) in [5.41, 5.74) is 8.03. The summed E-state index contributed by atoms with van der Waals surface area (Å²) in [6, 6.07) is 6.24. The third kappa shape index (κ3) is 6.02. The summed E-state index contributed by atoms with van der Waals surface area (Å²) < 4.78 is 1.25. The summed E-state index contributed by atoms with van der Waals surface area (Å²) in [6.07, 6.45) is 2.47. The lowest BCUT2D eigenvalue weighted by atomic mass is 10.1. The van der Waals surface area contributed by atoms with Gasteiger partial charge in [0.05, 0.1) is 5.69 Å². The molecule has 0 heterocycles. The van der Waals surface area contributed by atoms with Gasteiger partial charge in [-0.05, 0) is 65.5 Å². The van der Waals surface area contributed by atoms with E-state index in [-0.39, 0.29) is 0 Å². The molecule has 1 rings (SSSR count). The molecule has 0 fully saturated rings. The average molecular weight is 374 g/mol. The van der Waals surface area contributed by atoms with Crippen molar-refractivity contribution in [2.75, 3.05) is 23.7 Å². The van der Waals surface area contributed by atoms with Crippen LogP contribution in [0.15, 0.2) is 18.2 Å². The van der Waals surface area contributed by atoms with Gasteiger partial charge in [-0.2, -0.15) is 0 Å². The van der Waals surface area contributed by atoms with Crippen molar-refractivity contribution >= 4 is 34.0 Å². The molecule has 0 aromatic heterocycles. The molecule has 0 unspecified atom stereocenters. The molecule has 0 aliphatic rings. The lowest BCUT2D eigenvalue weighted by molar-refractivity contribution is 0.535. The van der Waals surface area contributed by atoms with Crippen LogP contribution in [0.3, 0.4) is 0 Å². The molecular formula is C16H27IN2. The molecule has 19 heavy (non-hydrogen) atoms. The number of benzene rings is 1. The Labute approximate surface area is 131 Å². The SMILES string of the molecule is CC(C)CCN(CCC(C)C)c1ccc(N)cc1I. The smallest absolute Gasteiger partial charge is 0.0503 e. The van der Waals surface area contributed by atoms with Crippen LogP contribution < -0.4 is 10.6 Å². The first-order valence-corrected chi connectivity index (χ1v) is 8.28. The van der Waals surface area contributed by atoms with Crippen LogP contribution in [0.4, 0.5) is 11.4 Å². The Morgan fingerprint density at radius 3 is 2.00 bits per heavy atom. The van der Waals surface area contributed by atoms with Crippen molar-refractivity contribution in [1.29, 1.82) is 0 Å². The number of nitrogens with two attached hydrogens (primary N) is 1. The third-order valence-electron chi connectivity index (χ3n) is 3.27. The highest BCUT2D eigenvalue weighted by Crippen LogP contribution is 2.26. The third-order valence-corrected chi connectivity index (χ3v) is 4.13. The van der Waals surface area contributed by atoms with Crippen molar-refractivity contribution < 1.29 is 0 Å². The highest BCUT2D eigenvalue weighted by molar-refractivity contribution is 14.1. The predicted octanol–water partition coefficient (Wildman–Crippen LogP) is 4.77. The highest BCUT2D eigenvalue weighted by Gasteiger charge is 2.11. The maximum absolute atomic E-state index is 5.85. The van der Waals surface area contributed by atoms with Gasteiger partial charge in [0.25, 0.3) is 0 Å². The Balaban J connectivity index is 2.81. The van der Waals surface area contributed by atoms with E-state index < -0.39 is 0 Å². The molecule has 1 aromatic rings. The molecule has 0 saturated carbocycles. The lowest BCUT2D eigenvalue weighted by Crippen LogP contribution is -2.28. The summed E-state index contributed by atoms with van der Waals surface area (Å²) >= 11 is 2.39. The molecule has 1 aromatic carbocycles. The molecule has 0 spiro atoms. The van der Waals surface area contributed by atoms with E-state index in [1.54, 1.807) is 0 Å². The molecule has 2 N–H and O–H groups in total. The predicted molar refractivity (Wildman–Crippen MR) is 94.7 cm³/mol. The van der Waals surface area contributed by atoms with Crippen molar-refractivity contribution in [2.45, 2.75) is 40.5 Å². The molecule has 0 aliphatic carbocycles. The number of hydrogen-bond acceptors (Lipinski definition) is 2. The van der Waals surface area contributed by atoms with Crippen LogP contribution in [0.2, 0.25) is 0 Å². The number of nitrogens with zero attached hydrogens (tertiary/aromatic N) is 1. The van der Waals surface area contributed by atoms with Gasteiger partial charge in [0, 0.05) is 22.3 Å². The van der Waals surface area contributed by atoms with Gasteiger partial charge in [-0.15, -0.1) is 0 Å². The Morgan fingerprint density at radius 2 is 1.58 bits per heavy atom. The van der Waals surface area contributed by atoms with Crippen LogP contribution in [-0.2, 0) is 0 Å². The number of nitrogen functional groups attached to an aromatic ring is 1. The van der Waals surface area contributed by atoms with Crippen LogP contribution in [0.5, 0.6) is 0 Å². The molecule has 0 saturated heterocycles. The Bertz CT molecular complexity index is 376. The monoisotopic (exact) mass is 374 g/mol. The highest BCUT2D eigenvalue weighted by atomic mass is 127. The van der Waals surface area contributed by atoms with E-state index in [1.807, 2.05) is 6.07 Å². The van der Waals surface area contributed by atoms with E-state index in [1.165, 1.54) is 22.1 Å². The van der Waals surface area contributed by atoms with Crippen LogP contribution in [0.1, 0.15) is 40.5 Å². The van der Waals surface area contributed by atoms with Gasteiger partial charge < -0.3 is 10.6 Å². The van der Waals surface area contributed by atoms with Crippen LogP contribution in [0, 0.1) is 15.4 Å². The first-order valence-electron chi connectivity index (χ1n) is 7.20. The standard InChI is InChI=1S/C16H27IN2/c1-12(2)7-9-19(10-8-13(3)4)16-6-5-14(18)11-15(16)17/h5-6,11-13H,7-10,18H2,1-4H3. The maximum atomic E-state index is 5.85. The Morgan fingerprint density at radius 1 is 1.05 bits per heavy atom. The summed E-state index contributed by atoms with van der Waals surface area (Å²) in [6.45, 7) is 11.4. The van der Waals surface area contributed by atoms with Gasteiger partial charge in [0.2, 0.25) is 0 Å². The zero-order valence-electron chi connectivity index (χ0n) is 12.6. The average Bonchev–Trinajstić information content (AvgIpc) is 2.30. The molecule has 2 nitrogen and oxygen atoms in total. The molecule has 3 heteroatoms. The second-order valence-corrected chi connectivity index (χ2v) is 7.23. The molecule has 108 valence electrons. The van der Waals surface area contributed by atoms with Crippen molar-refractivity contribution in [1.82, 2.24) is 0 Å². The Kier molecular flexibility index (Phi) is 6.97. The van der Waals surface area contributed by atoms with E-state index in [0.29, 0.717) is 0 Å². The molecule has 0 radical (unpaired) electrons. The van der Waals surface area contributed by atoms with Crippen molar-refractivity contribution in [3.8, 4) is 0 Å². The molecular weight excluding hydrogens is 347 g/mol. The van der Waals surface area contributed by atoms with Crippen molar-refractivity contribution in [3.05, 3.63) is 21.8 Å². The lowest BCUT2D eigenvalue weighted by Gasteiger charge is -2.27. The van der Waals surface area contributed by atoms with E-state index in [0.717, 1.165) is 30.6 Å². The summed E-state index contributed by atoms with van der Waals surface area (Å²) in [5, 5.41) is 0. The van der Waals surface area contributed by atoms with Gasteiger partial charge in [0.1, 0.15) is 0 Å². The minimum Gasteiger partial charge on any atom is -0.399 e. The summed E-state index contributed by atoms with van der Waals surface area (Å²) in [4.78, 5) is 2.52. The number of halogens is 1. The summed E-state index contributed by atoms with van der Waals surface area (Å²) in [7, 11) is 0. The van der Waals surface area contributed by atoms with Crippen LogP contribution in [-0.4, -0.2) is 13.1 Å². The fourth-order valence-electron chi connectivity index (χ4n) is 1.96. The van der Waals surface area contributed by atoms with Gasteiger partial charge in [-0.25, -0.2) is 0 Å². The maximum Gasteiger partial charge on any atom is 0.0503 e. The van der Waals surface area contributed by atoms with Gasteiger partial charge >= 0.3 is 0 Å². The zero-order valence-corrected chi connectivity index (χ0v) is 14.8. The molecule has 0 amide bonds. The first-order chi connectivity index (χ1) is 8.90. The fraction of sp³-hybridized carbons (Fsp3) is 0.625. The largest absolute Gasteiger partial charge is 0.399 e. The van der Waals surface area contributed by atoms with Crippen LogP contribution in [0.25, 0.3) is 0 Å². The zero-order chi connectivity index (χ0) is 14.4. The van der Waals surface area contributed by atoms with Gasteiger partial charge in [-0.3, -0.25) is 0 Å². The van der Waals surface area contributed by atoms with Crippen molar-refractivity contribution in [3.63, 3.8) is 0 Å². The number of anilines is 2. The van der Waals surface area contributed by atoms with Crippen molar-refractivity contribution in [2.24, 2.45) is 11.8 Å². The number of hydrogen-bond donors (Lipinski definition) is 1. The topological polar surface area (TPSA) is 29.3 Å². The molecule has 0 bridgehead atoms. The molecule has 0 aliphatic heterocycles. The minimum atomic E-state index is 0.744. The van der Waals surface area contributed by atoms with E-state index >= 15 is 0 Å². The second kappa shape index (κ2) is 7.98. The first kappa shape index (κ1) is 16.6. The normalized spacial score (nSPS) is 11.3.